The van der Waals surface area contributed by atoms with Crippen LogP contribution in [0.1, 0.15) is 77.6 Å². The summed E-state index contributed by atoms with van der Waals surface area (Å²) in [4.78, 5) is 0. The lowest BCUT2D eigenvalue weighted by molar-refractivity contribution is 0.0708. The summed E-state index contributed by atoms with van der Waals surface area (Å²) >= 11 is 0. The summed E-state index contributed by atoms with van der Waals surface area (Å²) in [5.41, 5.74) is 1.67. The van der Waals surface area contributed by atoms with Gasteiger partial charge in [-0.1, -0.05) is 37.1 Å². The van der Waals surface area contributed by atoms with Gasteiger partial charge in [0.25, 0.3) is 0 Å². The van der Waals surface area contributed by atoms with E-state index in [-0.39, 0.29) is 0 Å². The number of aliphatic hydroxyl groups is 1. The summed E-state index contributed by atoms with van der Waals surface area (Å²) < 4.78 is 5.97. The van der Waals surface area contributed by atoms with E-state index in [0.29, 0.717) is 12.7 Å². The molecule has 23 heavy (non-hydrogen) atoms. The van der Waals surface area contributed by atoms with E-state index in [4.69, 9.17) is 9.84 Å². The minimum Gasteiger partial charge on any atom is -0.396 e. The van der Waals surface area contributed by atoms with Crippen molar-refractivity contribution < 1.29 is 9.84 Å². The van der Waals surface area contributed by atoms with Crippen molar-refractivity contribution in [3.63, 3.8) is 0 Å². The average molecular weight is 321 g/mol. The van der Waals surface area contributed by atoms with Crippen LogP contribution in [0.2, 0.25) is 0 Å². The van der Waals surface area contributed by atoms with Gasteiger partial charge in [-0.3, -0.25) is 0 Å². The van der Waals surface area contributed by atoms with Crippen LogP contribution in [0.25, 0.3) is 0 Å². The van der Waals surface area contributed by atoms with E-state index in [2.05, 4.69) is 25.2 Å². The second-order valence-electron chi connectivity index (χ2n) is 7.52. The Kier molecular flexibility index (Phi) is 8.99. The van der Waals surface area contributed by atoms with Gasteiger partial charge < -0.3 is 9.84 Å². The fourth-order valence-corrected chi connectivity index (χ4v) is 3.85. The molecule has 2 nitrogen and oxygen atoms in total. The Hall–Kier alpha value is -0.600. The lowest BCUT2D eigenvalue weighted by Gasteiger charge is -2.20. The number of rotatable bonds is 8. The topological polar surface area (TPSA) is 29.5 Å². The highest BCUT2D eigenvalue weighted by Crippen LogP contribution is 2.29. The first kappa shape index (κ1) is 18.7. The minimum atomic E-state index is 0.355. The third-order valence-corrected chi connectivity index (χ3v) is 5.43. The largest absolute Gasteiger partial charge is 0.396 e. The number of aliphatic hydroxyl groups excluding tert-OH is 1. The van der Waals surface area contributed by atoms with Gasteiger partial charge in [-0.15, -0.1) is 0 Å². The minimum absolute atomic E-state index is 0.355. The zero-order valence-electron chi connectivity index (χ0n) is 15.0. The molecular weight excluding hydrogens is 284 g/mol. The Morgan fingerprint density at radius 2 is 2.04 bits per heavy atom. The third kappa shape index (κ3) is 7.67. The first-order valence-electron chi connectivity index (χ1n) is 9.86. The van der Waals surface area contributed by atoms with E-state index in [1.54, 1.807) is 5.57 Å². The van der Waals surface area contributed by atoms with Gasteiger partial charge in [0.05, 0.1) is 6.10 Å². The monoisotopic (exact) mass is 320 g/mol. The number of hydrogen-bond acceptors (Lipinski definition) is 2. The first-order valence-corrected chi connectivity index (χ1v) is 9.86. The van der Waals surface area contributed by atoms with Crippen LogP contribution in [0.5, 0.6) is 0 Å². The molecule has 1 saturated carbocycles. The van der Waals surface area contributed by atoms with Crippen LogP contribution in [0.4, 0.5) is 0 Å². The van der Waals surface area contributed by atoms with Gasteiger partial charge in [0.2, 0.25) is 0 Å². The maximum atomic E-state index is 8.97. The molecule has 0 saturated heterocycles. The molecule has 0 aromatic carbocycles. The van der Waals surface area contributed by atoms with Crippen molar-refractivity contribution in [2.75, 3.05) is 13.2 Å². The molecule has 1 N–H and O–H groups in total. The van der Waals surface area contributed by atoms with Crippen molar-refractivity contribution in [2.24, 2.45) is 11.8 Å². The second kappa shape index (κ2) is 11.0. The molecule has 0 aliphatic heterocycles. The zero-order valence-corrected chi connectivity index (χ0v) is 15.0. The van der Waals surface area contributed by atoms with Gasteiger partial charge in [0.1, 0.15) is 0 Å². The number of allylic oxidation sites excluding steroid dienone is 3. The van der Waals surface area contributed by atoms with Crippen LogP contribution in [0, 0.1) is 11.8 Å². The summed E-state index contributed by atoms with van der Waals surface area (Å²) in [5, 5.41) is 8.97. The predicted octanol–water partition coefficient (Wildman–Crippen LogP) is 5.42. The fraction of sp³-hybridized carbons (Fsp3) is 0.810. The van der Waals surface area contributed by atoms with Crippen LogP contribution in [-0.2, 0) is 4.74 Å². The summed E-state index contributed by atoms with van der Waals surface area (Å²) in [7, 11) is 0. The molecule has 0 bridgehead atoms. The Labute approximate surface area is 143 Å². The van der Waals surface area contributed by atoms with Gasteiger partial charge in [-0.25, -0.2) is 0 Å². The predicted molar refractivity (Wildman–Crippen MR) is 97.5 cm³/mol. The standard InChI is InChI=1S/C21H36O2/c1-18-10-14-21(15-11-18)23-17-3-2-6-19-7-4-8-20(13-12-19)9-5-16-22/h6,10,14,18,20-22H,2-5,7-9,11-13,15-17H2,1H3/b19-6-. The van der Waals surface area contributed by atoms with Crippen molar-refractivity contribution in [3.8, 4) is 0 Å². The maximum Gasteiger partial charge on any atom is 0.0756 e. The highest BCUT2D eigenvalue weighted by atomic mass is 16.5. The van der Waals surface area contributed by atoms with Gasteiger partial charge >= 0.3 is 0 Å². The number of unbranched alkanes of at least 4 members (excludes halogenated alkanes) is 1. The number of ether oxygens (including phenoxy) is 1. The third-order valence-electron chi connectivity index (χ3n) is 5.43. The molecule has 2 heteroatoms. The lowest BCUT2D eigenvalue weighted by atomic mass is 9.95. The highest BCUT2D eigenvalue weighted by Gasteiger charge is 2.14. The summed E-state index contributed by atoms with van der Waals surface area (Å²) in [5.74, 6) is 1.58. The first-order chi connectivity index (χ1) is 11.3. The van der Waals surface area contributed by atoms with Crippen LogP contribution < -0.4 is 0 Å². The van der Waals surface area contributed by atoms with E-state index in [9.17, 15) is 0 Å². The highest BCUT2D eigenvalue weighted by molar-refractivity contribution is 5.04. The molecule has 0 aromatic heterocycles. The molecule has 2 aliphatic rings. The van der Waals surface area contributed by atoms with Gasteiger partial charge in [0, 0.05) is 13.2 Å². The smallest absolute Gasteiger partial charge is 0.0756 e. The molecule has 132 valence electrons. The van der Waals surface area contributed by atoms with Crippen LogP contribution in [0.3, 0.4) is 0 Å². The number of hydrogen-bond donors (Lipinski definition) is 1. The molecule has 0 heterocycles. The SMILES string of the molecule is CC1C=CC(OCCC/C=C2/CCCC(CCCO)CC2)CC1. The quantitative estimate of drug-likeness (QED) is 0.368. The van der Waals surface area contributed by atoms with Crippen molar-refractivity contribution in [3.05, 3.63) is 23.8 Å². The molecule has 2 aliphatic carbocycles. The van der Waals surface area contributed by atoms with E-state index >= 15 is 0 Å². The molecule has 0 spiro atoms. The van der Waals surface area contributed by atoms with Crippen LogP contribution >= 0.6 is 0 Å². The summed E-state index contributed by atoms with van der Waals surface area (Å²) in [6, 6.07) is 0. The Bertz CT molecular complexity index is 372. The van der Waals surface area contributed by atoms with Crippen LogP contribution in [0.15, 0.2) is 23.8 Å². The van der Waals surface area contributed by atoms with E-state index in [0.717, 1.165) is 31.3 Å². The van der Waals surface area contributed by atoms with Crippen LogP contribution in [-0.4, -0.2) is 24.4 Å². The molecule has 2 rings (SSSR count). The van der Waals surface area contributed by atoms with Crippen molar-refractivity contribution in [1.82, 2.24) is 0 Å². The lowest BCUT2D eigenvalue weighted by Crippen LogP contribution is -2.15. The van der Waals surface area contributed by atoms with E-state index in [1.807, 2.05) is 0 Å². The van der Waals surface area contributed by atoms with E-state index < -0.39 is 0 Å². The molecule has 3 atom stereocenters. The summed E-state index contributed by atoms with van der Waals surface area (Å²) in [6.07, 6.45) is 21.0. The van der Waals surface area contributed by atoms with Gasteiger partial charge in [-0.2, -0.15) is 0 Å². The maximum absolute atomic E-state index is 8.97. The van der Waals surface area contributed by atoms with E-state index in [1.165, 1.54) is 57.8 Å². The van der Waals surface area contributed by atoms with Crippen molar-refractivity contribution in [2.45, 2.75) is 83.7 Å². The van der Waals surface area contributed by atoms with Gasteiger partial charge in [0.15, 0.2) is 0 Å². The Balaban J connectivity index is 1.57. The molecule has 3 unspecified atom stereocenters. The average Bonchev–Trinajstić information content (AvgIpc) is 2.80. The molecular formula is C21H36O2. The second-order valence-corrected chi connectivity index (χ2v) is 7.52. The normalized spacial score (nSPS) is 30.5. The molecule has 1 fully saturated rings. The fourth-order valence-electron chi connectivity index (χ4n) is 3.85. The molecule has 0 radical (unpaired) electrons. The van der Waals surface area contributed by atoms with Crippen molar-refractivity contribution >= 4 is 0 Å². The van der Waals surface area contributed by atoms with Crippen molar-refractivity contribution in [1.29, 1.82) is 0 Å². The van der Waals surface area contributed by atoms with Gasteiger partial charge in [-0.05, 0) is 76.0 Å². The Morgan fingerprint density at radius 1 is 1.13 bits per heavy atom. The summed E-state index contributed by atoms with van der Waals surface area (Å²) in [6.45, 7) is 3.53. The Morgan fingerprint density at radius 3 is 2.83 bits per heavy atom. The zero-order chi connectivity index (χ0) is 16.3. The molecule has 0 amide bonds. The molecule has 0 aromatic rings.